The molecule has 2 rings (SSSR count). The van der Waals surface area contributed by atoms with Gasteiger partial charge < -0.3 is 20.4 Å². The Bertz CT molecular complexity index is 562. The Balaban J connectivity index is 1.95. The van der Waals surface area contributed by atoms with E-state index < -0.39 is 6.04 Å². The maximum Gasteiger partial charge on any atom is 0.317 e. The Morgan fingerprint density at radius 2 is 1.79 bits per heavy atom. The van der Waals surface area contributed by atoms with Gasteiger partial charge in [0.1, 0.15) is 6.04 Å². The molecule has 0 aromatic rings. The second-order valence-electron chi connectivity index (χ2n) is 8.77. The van der Waals surface area contributed by atoms with Crippen molar-refractivity contribution in [2.24, 2.45) is 11.8 Å². The van der Waals surface area contributed by atoms with Gasteiger partial charge in [0.15, 0.2) is 0 Å². The summed E-state index contributed by atoms with van der Waals surface area (Å²) in [6, 6.07) is -0.575. The molecular formula is C22H40N4O3. The summed E-state index contributed by atoms with van der Waals surface area (Å²) in [4.78, 5) is 42.0. The summed E-state index contributed by atoms with van der Waals surface area (Å²) in [6.45, 7) is 10.4. The number of hydrogen-bond acceptors (Lipinski definition) is 3. The molecule has 1 aliphatic carbocycles. The highest BCUT2D eigenvalue weighted by Crippen LogP contribution is 2.25. The van der Waals surface area contributed by atoms with Crippen molar-refractivity contribution < 1.29 is 14.4 Å². The first kappa shape index (κ1) is 23.5. The molecule has 3 atom stereocenters. The van der Waals surface area contributed by atoms with Crippen LogP contribution in [0.2, 0.25) is 0 Å². The van der Waals surface area contributed by atoms with E-state index in [1.54, 1.807) is 0 Å². The first-order valence-electron chi connectivity index (χ1n) is 11.5. The summed E-state index contributed by atoms with van der Waals surface area (Å²) < 4.78 is 0. The minimum atomic E-state index is -0.481. The molecule has 1 aliphatic heterocycles. The zero-order valence-corrected chi connectivity index (χ0v) is 18.7. The lowest BCUT2D eigenvalue weighted by molar-refractivity contribution is -0.140. The van der Waals surface area contributed by atoms with Gasteiger partial charge in [-0.3, -0.25) is 9.59 Å². The van der Waals surface area contributed by atoms with E-state index in [0.29, 0.717) is 26.2 Å². The fraction of sp³-hybridized carbons (Fsp3) is 0.864. The van der Waals surface area contributed by atoms with Crippen LogP contribution in [0.5, 0.6) is 0 Å². The van der Waals surface area contributed by atoms with Crippen molar-refractivity contribution in [1.29, 1.82) is 0 Å². The largest absolute Gasteiger partial charge is 0.344 e. The standard InChI is InChI=1S/C22H40N4O3/c1-5-7-12-23-22(29)26-14-13-25(15-17(26)4)21(28)19(16(3)6-2)24-20(27)18-10-8-9-11-18/h16-19H,5-15H2,1-4H3,(H,23,29)(H,24,27). The van der Waals surface area contributed by atoms with E-state index in [1.165, 1.54) is 0 Å². The van der Waals surface area contributed by atoms with Crippen LogP contribution < -0.4 is 10.6 Å². The van der Waals surface area contributed by atoms with Crippen molar-refractivity contribution in [3.8, 4) is 0 Å². The van der Waals surface area contributed by atoms with Crippen molar-refractivity contribution in [1.82, 2.24) is 20.4 Å². The van der Waals surface area contributed by atoms with Gasteiger partial charge in [-0.1, -0.05) is 46.5 Å². The van der Waals surface area contributed by atoms with Gasteiger partial charge in [0.05, 0.1) is 0 Å². The highest BCUT2D eigenvalue weighted by atomic mass is 16.2. The zero-order valence-electron chi connectivity index (χ0n) is 18.7. The summed E-state index contributed by atoms with van der Waals surface area (Å²) >= 11 is 0. The average molecular weight is 409 g/mol. The molecule has 2 N–H and O–H groups in total. The van der Waals surface area contributed by atoms with Gasteiger partial charge in [0.25, 0.3) is 0 Å². The van der Waals surface area contributed by atoms with Crippen LogP contribution in [0.1, 0.15) is 72.6 Å². The number of nitrogens with zero attached hydrogens (tertiary/aromatic N) is 2. The van der Waals surface area contributed by atoms with Gasteiger partial charge in [-0.25, -0.2) is 4.79 Å². The molecule has 2 aliphatic rings. The van der Waals surface area contributed by atoms with E-state index in [4.69, 9.17) is 0 Å². The fourth-order valence-electron chi connectivity index (χ4n) is 4.27. The van der Waals surface area contributed by atoms with Crippen molar-refractivity contribution in [3.05, 3.63) is 0 Å². The molecule has 166 valence electrons. The van der Waals surface area contributed by atoms with Crippen LogP contribution >= 0.6 is 0 Å². The first-order chi connectivity index (χ1) is 13.9. The van der Waals surface area contributed by atoms with Gasteiger partial charge in [-0.2, -0.15) is 0 Å². The lowest BCUT2D eigenvalue weighted by Gasteiger charge is -2.41. The van der Waals surface area contributed by atoms with Gasteiger partial charge in [-0.15, -0.1) is 0 Å². The van der Waals surface area contributed by atoms with Gasteiger partial charge in [-0.05, 0) is 32.1 Å². The number of unbranched alkanes of at least 4 members (excludes halogenated alkanes) is 1. The number of nitrogens with one attached hydrogen (secondary N) is 2. The topological polar surface area (TPSA) is 81.8 Å². The average Bonchev–Trinajstić information content (AvgIpc) is 3.25. The molecule has 1 heterocycles. The van der Waals surface area contributed by atoms with Crippen LogP contribution in [0.15, 0.2) is 0 Å². The fourth-order valence-corrected chi connectivity index (χ4v) is 4.27. The van der Waals surface area contributed by atoms with Crippen LogP contribution in [-0.4, -0.2) is 65.9 Å². The van der Waals surface area contributed by atoms with Crippen LogP contribution in [0, 0.1) is 11.8 Å². The number of amides is 4. The second kappa shape index (κ2) is 11.4. The molecular weight excluding hydrogens is 368 g/mol. The van der Waals surface area contributed by atoms with E-state index in [-0.39, 0.29) is 35.7 Å². The lowest BCUT2D eigenvalue weighted by atomic mass is 9.96. The summed E-state index contributed by atoms with van der Waals surface area (Å²) in [5.74, 6) is 0.155. The first-order valence-corrected chi connectivity index (χ1v) is 11.5. The van der Waals surface area contributed by atoms with Crippen molar-refractivity contribution in [3.63, 3.8) is 0 Å². The minimum Gasteiger partial charge on any atom is -0.344 e. The van der Waals surface area contributed by atoms with Crippen LogP contribution in [0.4, 0.5) is 4.79 Å². The molecule has 7 nitrogen and oxygen atoms in total. The van der Waals surface area contributed by atoms with E-state index in [1.807, 2.05) is 30.6 Å². The maximum atomic E-state index is 13.3. The molecule has 0 aromatic heterocycles. The predicted octanol–water partition coefficient (Wildman–Crippen LogP) is 2.75. The molecule has 29 heavy (non-hydrogen) atoms. The number of hydrogen-bond donors (Lipinski definition) is 2. The summed E-state index contributed by atoms with van der Waals surface area (Å²) in [5, 5.41) is 6.03. The molecule has 0 spiro atoms. The van der Waals surface area contributed by atoms with Crippen molar-refractivity contribution in [2.45, 2.75) is 84.7 Å². The Kier molecular flexibility index (Phi) is 9.24. The van der Waals surface area contributed by atoms with E-state index >= 15 is 0 Å². The Hall–Kier alpha value is -1.79. The molecule has 1 saturated carbocycles. The van der Waals surface area contributed by atoms with Crippen LogP contribution in [0.25, 0.3) is 0 Å². The number of piperazine rings is 1. The molecule has 3 unspecified atom stereocenters. The maximum absolute atomic E-state index is 13.3. The van der Waals surface area contributed by atoms with Crippen molar-refractivity contribution in [2.75, 3.05) is 26.2 Å². The zero-order chi connectivity index (χ0) is 21.4. The van der Waals surface area contributed by atoms with Crippen molar-refractivity contribution >= 4 is 17.8 Å². The van der Waals surface area contributed by atoms with Gasteiger partial charge in [0.2, 0.25) is 11.8 Å². The number of urea groups is 1. The summed E-state index contributed by atoms with van der Waals surface area (Å²) in [5.41, 5.74) is 0. The number of carbonyl (C=O) groups is 3. The minimum absolute atomic E-state index is 0.0106. The molecule has 4 amide bonds. The number of rotatable bonds is 8. The third kappa shape index (κ3) is 6.34. The number of carbonyl (C=O) groups excluding carboxylic acids is 3. The van der Waals surface area contributed by atoms with E-state index in [2.05, 4.69) is 17.6 Å². The van der Waals surface area contributed by atoms with Crippen LogP contribution in [-0.2, 0) is 9.59 Å². The molecule has 7 heteroatoms. The quantitative estimate of drug-likeness (QED) is 0.606. The molecule has 1 saturated heterocycles. The Morgan fingerprint density at radius 3 is 2.38 bits per heavy atom. The SMILES string of the molecule is CCCCNC(=O)N1CCN(C(=O)C(NC(=O)C2CCCC2)C(C)CC)CC1C. The van der Waals surface area contributed by atoms with Gasteiger partial charge >= 0.3 is 6.03 Å². The second-order valence-corrected chi connectivity index (χ2v) is 8.77. The third-order valence-electron chi connectivity index (χ3n) is 6.51. The van der Waals surface area contributed by atoms with E-state index in [0.717, 1.165) is 44.9 Å². The third-order valence-corrected chi connectivity index (χ3v) is 6.51. The Labute approximate surface area is 175 Å². The monoisotopic (exact) mass is 408 g/mol. The summed E-state index contributed by atoms with van der Waals surface area (Å²) in [7, 11) is 0. The highest BCUT2D eigenvalue weighted by Gasteiger charge is 2.36. The Morgan fingerprint density at radius 1 is 1.10 bits per heavy atom. The van der Waals surface area contributed by atoms with Gasteiger partial charge in [0, 0.05) is 38.1 Å². The predicted molar refractivity (Wildman–Crippen MR) is 114 cm³/mol. The normalized spacial score (nSPS) is 22.3. The summed E-state index contributed by atoms with van der Waals surface area (Å²) in [6.07, 6.45) is 6.89. The molecule has 0 radical (unpaired) electrons. The molecule has 2 fully saturated rings. The smallest absolute Gasteiger partial charge is 0.317 e. The van der Waals surface area contributed by atoms with E-state index in [9.17, 15) is 14.4 Å². The highest BCUT2D eigenvalue weighted by molar-refractivity contribution is 5.89. The lowest BCUT2D eigenvalue weighted by Crippen LogP contribution is -2.61. The molecule has 0 bridgehead atoms. The van der Waals surface area contributed by atoms with Crippen LogP contribution in [0.3, 0.4) is 0 Å². The molecule has 0 aromatic carbocycles.